The molecule has 0 fully saturated rings. The van der Waals surface area contributed by atoms with Crippen molar-refractivity contribution in [2.24, 2.45) is 11.8 Å². The smallest absolute Gasteiger partial charge is 0.307 e. The second-order valence-electron chi connectivity index (χ2n) is 11.1. The average molecular weight is 476 g/mol. The predicted octanol–water partition coefficient (Wildman–Crippen LogP) is 6.01. The molecule has 184 valence electrons. The van der Waals surface area contributed by atoms with Gasteiger partial charge in [0.1, 0.15) is 11.2 Å². The first-order valence-electron chi connectivity index (χ1n) is 11.6. The Bertz CT molecular complexity index is 806. The summed E-state index contributed by atoms with van der Waals surface area (Å²) in [5.74, 6) is 0.0374. The molecule has 6 nitrogen and oxygen atoms in total. The van der Waals surface area contributed by atoms with Gasteiger partial charge in [0.15, 0.2) is 0 Å². The number of nitrogens with zero attached hydrogens (tertiary/aromatic N) is 1. The lowest BCUT2D eigenvalue weighted by atomic mass is 9.76. The third-order valence-corrected chi connectivity index (χ3v) is 10.2. The molecule has 0 atom stereocenters. The monoisotopic (exact) mass is 475 g/mol. The van der Waals surface area contributed by atoms with E-state index in [1.54, 1.807) is 24.3 Å². The molecule has 0 aliphatic heterocycles. The van der Waals surface area contributed by atoms with Crippen LogP contribution in [0.2, 0.25) is 18.1 Å². The molecule has 1 rings (SSSR count). The molecule has 0 unspecified atom stereocenters. The number of ether oxygens (including phenoxy) is 2. The average Bonchev–Trinajstić information content (AvgIpc) is 2.69. The maximum absolute atomic E-state index is 12.6. The number of hydrogen-bond acceptors (Lipinski definition) is 6. The van der Waals surface area contributed by atoms with E-state index in [4.69, 9.17) is 13.9 Å². The third-order valence-electron chi connectivity index (χ3n) is 5.85. The Morgan fingerprint density at radius 2 is 1.33 bits per heavy atom. The van der Waals surface area contributed by atoms with Crippen molar-refractivity contribution in [3.63, 3.8) is 0 Å². The highest BCUT2D eigenvalue weighted by molar-refractivity contribution is 6.74. The minimum absolute atomic E-state index is 0.0441. The SMILES string of the molecule is CC(C)COC(=O)CC(C#N)(CC(=O)OCC(C)C)c1ccc(O[Si](C)(C)C(C)(C)C)cc1. The van der Waals surface area contributed by atoms with Crippen molar-refractivity contribution in [1.82, 2.24) is 0 Å². The number of benzene rings is 1. The van der Waals surface area contributed by atoms with Crippen LogP contribution in [0.3, 0.4) is 0 Å². The van der Waals surface area contributed by atoms with Gasteiger partial charge in [-0.3, -0.25) is 9.59 Å². The number of hydrogen-bond donors (Lipinski definition) is 0. The molecule has 0 amide bonds. The van der Waals surface area contributed by atoms with Crippen LogP contribution in [-0.2, 0) is 24.5 Å². The Labute approximate surface area is 200 Å². The van der Waals surface area contributed by atoms with Crippen molar-refractivity contribution >= 4 is 20.3 Å². The predicted molar refractivity (Wildman–Crippen MR) is 132 cm³/mol. The van der Waals surface area contributed by atoms with Gasteiger partial charge in [-0.05, 0) is 47.7 Å². The van der Waals surface area contributed by atoms with Gasteiger partial charge < -0.3 is 13.9 Å². The summed E-state index contributed by atoms with van der Waals surface area (Å²) in [6.45, 7) is 19.1. The number of rotatable bonds is 11. The molecule has 1 aromatic carbocycles. The van der Waals surface area contributed by atoms with Crippen molar-refractivity contribution in [3.8, 4) is 11.8 Å². The molecule has 0 radical (unpaired) electrons. The molecule has 0 heterocycles. The lowest BCUT2D eigenvalue weighted by Crippen LogP contribution is -2.43. The zero-order valence-corrected chi connectivity index (χ0v) is 22.8. The first-order valence-corrected chi connectivity index (χ1v) is 14.5. The summed E-state index contributed by atoms with van der Waals surface area (Å²) in [5.41, 5.74) is -0.812. The molecule has 0 bridgehead atoms. The maximum Gasteiger partial charge on any atom is 0.307 e. The first-order chi connectivity index (χ1) is 15.1. The summed E-state index contributed by atoms with van der Waals surface area (Å²) in [7, 11) is -2.03. The van der Waals surface area contributed by atoms with E-state index in [1.165, 1.54) is 0 Å². The second kappa shape index (κ2) is 11.7. The van der Waals surface area contributed by atoms with E-state index in [0.29, 0.717) is 11.3 Å². The number of esters is 2. The Balaban J connectivity index is 3.22. The summed E-state index contributed by atoms with van der Waals surface area (Å²) in [6.07, 6.45) is -0.453. The fourth-order valence-electron chi connectivity index (χ4n) is 2.81. The summed E-state index contributed by atoms with van der Waals surface area (Å²) in [6, 6.07) is 9.36. The van der Waals surface area contributed by atoms with Gasteiger partial charge in [0.05, 0.1) is 32.1 Å². The van der Waals surface area contributed by atoms with Gasteiger partial charge in [0.25, 0.3) is 0 Å². The van der Waals surface area contributed by atoms with Crippen molar-refractivity contribution in [3.05, 3.63) is 29.8 Å². The molecule has 0 spiro atoms. The molecule has 33 heavy (non-hydrogen) atoms. The van der Waals surface area contributed by atoms with E-state index in [1.807, 2.05) is 27.7 Å². The molecule has 0 saturated carbocycles. The van der Waals surface area contributed by atoms with Gasteiger partial charge in [-0.2, -0.15) is 5.26 Å². The number of nitriles is 1. The zero-order chi connectivity index (χ0) is 25.4. The summed E-state index contributed by atoms with van der Waals surface area (Å²) >= 11 is 0. The molecular formula is C26H41NO5Si. The van der Waals surface area contributed by atoms with Crippen LogP contribution >= 0.6 is 0 Å². The van der Waals surface area contributed by atoms with Crippen LogP contribution in [0.25, 0.3) is 0 Å². The van der Waals surface area contributed by atoms with Gasteiger partial charge in [-0.15, -0.1) is 0 Å². The minimum Gasteiger partial charge on any atom is -0.544 e. The standard InChI is InChI=1S/C26H41NO5Si/c1-19(2)16-30-23(28)14-26(18-27,15-24(29)31-17-20(3)4)21-10-12-22(13-11-21)32-33(8,9)25(5,6)7/h10-13,19-20H,14-17H2,1-9H3. The molecule has 0 N–H and O–H groups in total. The van der Waals surface area contributed by atoms with Crippen LogP contribution in [0.1, 0.15) is 66.9 Å². The first kappa shape index (κ1) is 28.7. The molecule has 0 aliphatic rings. The normalized spacial score (nSPS) is 12.4. The minimum atomic E-state index is -2.03. The molecule has 0 aromatic heterocycles. The maximum atomic E-state index is 12.6. The van der Waals surface area contributed by atoms with Crippen LogP contribution in [0.15, 0.2) is 24.3 Å². The van der Waals surface area contributed by atoms with Crippen LogP contribution in [0.4, 0.5) is 0 Å². The fourth-order valence-corrected chi connectivity index (χ4v) is 3.85. The van der Waals surface area contributed by atoms with Crippen LogP contribution < -0.4 is 4.43 Å². The Kier molecular flexibility index (Phi) is 10.2. The largest absolute Gasteiger partial charge is 0.544 e. The second-order valence-corrected chi connectivity index (χ2v) is 15.8. The highest BCUT2D eigenvalue weighted by Crippen LogP contribution is 2.38. The van der Waals surface area contributed by atoms with E-state index in [9.17, 15) is 14.9 Å². The molecule has 0 saturated heterocycles. The lowest BCUT2D eigenvalue weighted by Gasteiger charge is -2.36. The van der Waals surface area contributed by atoms with E-state index in [0.717, 1.165) is 0 Å². The van der Waals surface area contributed by atoms with Gasteiger partial charge >= 0.3 is 11.9 Å². The fraction of sp³-hybridized carbons (Fsp3) is 0.654. The molecule has 1 aromatic rings. The highest BCUT2D eigenvalue weighted by Gasteiger charge is 2.41. The van der Waals surface area contributed by atoms with Gasteiger partial charge in [0, 0.05) is 0 Å². The van der Waals surface area contributed by atoms with Crippen LogP contribution in [0, 0.1) is 23.2 Å². The van der Waals surface area contributed by atoms with E-state index in [2.05, 4.69) is 39.9 Å². The van der Waals surface area contributed by atoms with E-state index < -0.39 is 25.7 Å². The molecule has 0 aliphatic carbocycles. The topological polar surface area (TPSA) is 85.6 Å². The van der Waals surface area contributed by atoms with Crippen molar-refractivity contribution in [2.75, 3.05) is 13.2 Å². The van der Waals surface area contributed by atoms with Crippen LogP contribution in [-0.4, -0.2) is 33.5 Å². The summed E-state index contributed by atoms with van der Waals surface area (Å²) in [5, 5.41) is 10.2. The third kappa shape index (κ3) is 8.85. The van der Waals surface area contributed by atoms with Gasteiger partial charge in [-0.25, -0.2) is 0 Å². The summed E-state index contributed by atoms with van der Waals surface area (Å²) in [4.78, 5) is 25.1. The molecule has 7 heteroatoms. The van der Waals surface area contributed by atoms with Crippen molar-refractivity contribution < 1.29 is 23.5 Å². The lowest BCUT2D eigenvalue weighted by molar-refractivity contribution is -0.148. The Morgan fingerprint density at radius 1 is 0.909 bits per heavy atom. The van der Waals surface area contributed by atoms with Crippen molar-refractivity contribution in [1.29, 1.82) is 5.26 Å². The van der Waals surface area contributed by atoms with Gasteiger partial charge in [0.2, 0.25) is 8.32 Å². The van der Waals surface area contributed by atoms with Crippen LogP contribution in [0.5, 0.6) is 5.75 Å². The zero-order valence-electron chi connectivity index (χ0n) is 21.8. The van der Waals surface area contributed by atoms with E-state index >= 15 is 0 Å². The highest BCUT2D eigenvalue weighted by atomic mass is 28.4. The molecular weight excluding hydrogens is 434 g/mol. The van der Waals surface area contributed by atoms with E-state index in [-0.39, 0.29) is 42.9 Å². The quantitative estimate of drug-likeness (QED) is 0.288. The Hall–Kier alpha value is -2.33. The van der Waals surface area contributed by atoms with Crippen molar-refractivity contribution in [2.45, 2.75) is 84.9 Å². The number of carbonyl (C=O) groups excluding carboxylic acids is 2. The van der Waals surface area contributed by atoms with Gasteiger partial charge in [-0.1, -0.05) is 60.6 Å². The summed E-state index contributed by atoms with van der Waals surface area (Å²) < 4.78 is 17.0. The number of carbonyl (C=O) groups is 2. The Morgan fingerprint density at radius 3 is 1.67 bits per heavy atom.